The number of H-pyrrole nitrogens is 1. The van der Waals surface area contributed by atoms with E-state index in [1.807, 2.05) is 11.4 Å². The standard InChI is InChI=1S/C12H11N3O3S/c16-10-5-9(13-6-14-10)15-3-1-8-7(2-4-19-8)11(15)12(17)18/h2,4-6,11H,1,3H2,(H,17,18)(H,13,14,16). The van der Waals surface area contributed by atoms with Gasteiger partial charge in [-0.25, -0.2) is 9.78 Å². The molecule has 1 atom stereocenters. The Morgan fingerprint density at radius 3 is 3.16 bits per heavy atom. The zero-order valence-corrected chi connectivity index (χ0v) is 10.7. The maximum Gasteiger partial charge on any atom is 0.331 e. The van der Waals surface area contributed by atoms with Gasteiger partial charge in [0, 0.05) is 17.5 Å². The van der Waals surface area contributed by atoms with Gasteiger partial charge in [-0.3, -0.25) is 4.79 Å². The summed E-state index contributed by atoms with van der Waals surface area (Å²) in [7, 11) is 0. The molecule has 0 spiro atoms. The van der Waals surface area contributed by atoms with E-state index in [9.17, 15) is 14.7 Å². The van der Waals surface area contributed by atoms with Gasteiger partial charge < -0.3 is 15.0 Å². The molecule has 1 aliphatic rings. The Bertz CT molecular complexity index is 679. The highest BCUT2D eigenvalue weighted by molar-refractivity contribution is 7.10. The first-order chi connectivity index (χ1) is 9.16. The minimum absolute atomic E-state index is 0.287. The molecule has 0 bridgehead atoms. The first-order valence-electron chi connectivity index (χ1n) is 5.77. The highest BCUT2D eigenvalue weighted by Crippen LogP contribution is 2.35. The van der Waals surface area contributed by atoms with E-state index in [0.29, 0.717) is 12.4 Å². The Kier molecular flexibility index (Phi) is 2.83. The second kappa shape index (κ2) is 4.51. The Hall–Kier alpha value is -2.15. The fourth-order valence-electron chi connectivity index (χ4n) is 2.34. The number of aromatic amines is 1. The lowest BCUT2D eigenvalue weighted by Crippen LogP contribution is -2.40. The summed E-state index contributed by atoms with van der Waals surface area (Å²) in [5, 5.41) is 11.4. The summed E-state index contributed by atoms with van der Waals surface area (Å²) < 4.78 is 0. The smallest absolute Gasteiger partial charge is 0.331 e. The van der Waals surface area contributed by atoms with Crippen LogP contribution in [0.5, 0.6) is 0 Å². The molecule has 0 amide bonds. The van der Waals surface area contributed by atoms with Crippen LogP contribution in [0.3, 0.4) is 0 Å². The number of nitrogens with zero attached hydrogens (tertiary/aromatic N) is 2. The van der Waals surface area contributed by atoms with Crippen LogP contribution in [0.1, 0.15) is 16.5 Å². The second-order valence-electron chi connectivity index (χ2n) is 4.25. The van der Waals surface area contributed by atoms with Crippen molar-refractivity contribution >= 4 is 23.1 Å². The predicted molar refractivity (Wildman–Crippen MR) is 70.6 cm³/mol. The fourth-order valence-corrected chi connectivity index (χ4v) is 3.25. The molecule has 2 aromatic rings. The molecule has 2 N–H and O–H groups in total. The van der Waals surface area contributed by atoms with Gasteiger partial charge in [-0.15, -0.1) is 11.3 Å². The van der Waals surface area contributed by atoms with Gasteiger partial charge >= 0.3 is 5.97 Å². The quantitative estimate of drug-likeness (QED) is 0.856. The van der Waals surface area contributed by atoms with Crippen molar-refractivity contribution < 1.29 is 9.90 Å². The van der Waals surface area contributed by atoms with Crippen molar-refractivity contribution in [1.82, 2.24) is 9.97 Å². The number of fused-ring (bicyclic) bond motifs is 1. The van der Waals surface area contributed by atoms with Crippen LogP contribution in [-0.2, 0) is 11.2 Å². The fraction of sp³-hybridized carbons (Fsp3) is 0.250. The third-order valence-corrected chi connectivity index (χ3v) is 4.15. The van der Waals surface area contributed by atoms with E-state index in [2.05, 4.69) is 9.97 Å². The SMILES string of the molecule is O=C(O)C1c2ccsc2CCN1c1cc(=O)[nH]cn1. The maximum atomic E-state index is 11.5. The van der Waals surface area contributed by atoms with Crippen molar-refractivity contribution in [3.8, 4) is 0 Å². The van der Waals surface area contributed by atoms with E-state index in [1.54, 1.807) is 16.2 Å². The Morgan fingerprint density at radius 1 is 1.58 bits per heavy atom. The van der Waals surface area contributed by atoms with Crippen LogP contribution in [0, 0.1) is 0 Å². The van der Waals surface area contributed by atoms with Crippen molar-refractivity contribution in [2.24, 2.45) is 0 Å². The second-order valence-corrected chi connectivity index (χ2v) is 5.25. The van der Waals surface area contributed by atoms with Crippen molar-refractivity contribution in [1.29, 1.82) is 0 Å². The number of rotatable bonds is 2. The predicted octanol–water partition coefficient (Wildman–Crippen LogP) is 1.02. The minimum atomic E-state index is -0.929. The molecular formula is C12H11N3O3S. The number of aliphatic carboxylic acids is 1. The first kappa shape index (κ1) is 11.9. The summed E-state index contributed by atoms with van der Waals surface area (Å²) in [4.78, 5) is 32.1. The van der Waals surface area contributed by atoms with Gasteiger partial charge in [0.2, 0.25) is 0 Å². The van der Waals surface area contributed by atoms with E-state index < -0.39 is 12.0 Å². The zero-order valence-electron chi connectivity index (χ0n) is 9.87. The van der Waals surface area contributed by atoms with Crippen LogP contribution in [0.25, 0.3) is 0 Å². The monoisotopic (exact) mass is 277 g/mol. The number of hydrogen-bond acceptors (Lipinski definition) is 5. The molecule has 0 radical (unpaired) electrons. The molecule has 3 heterocycles. The number of hydrogen-bond donors (Lipinski definition) is 2. The number of anilines is 1. The lowest BCUT2D eigenvalue weighted by atomic mass is 10.00. The van der Waals surface area contributed by atoms with Crippen LogP contribution in [0.2, 0.25) is 0 Å². The number of carboxylic acid groups (broad SMARTS) is 1. The Labute approximate surface area is 112 Å². The topological polar surface area (TPSA) is 86.3 Å². The first-order valence-corrected chi connectivity index (χ1v) is 6.65. The van der Waals surface area contributed by atoms with E-state index in [-0.39, 0.29) is 5.56 Å². The number of carbonyl (C=O) groups is 1. The number of thiophene rings is 1. The third-order valence-electron chi connectivity index (χ3n) is 3.16. The molecule has 3 rings (SSSR count). The molecule has 98 valence electrons. The van der Waals surface area contributed by atoms with Gasteiger partial charge in [-0.05, 0) is 23.4 Å². The molecular weight excluding hydrogens is 266 g/mol. The summed E-state index contributed by atoms with van der Waals surface area (Å²) in [6, 6.07) is 2.38. The van der Waals surface area contributed by atoms with E-state index in [0.717, 1.165) is 16.9 Å². The highest BCUT2D eigenvalue weighted by atomic mass is 32.1. The Morgan fingerprint density at radius 2 is 2.42 bits per heavy atom. The van der Waals surface area contributed by atoms with Crippen molar-refractivity contribution in [3.05, 3.63) is 44.6 Å². The largest absolute Gasteiger partial charge is 0.479 e. The van der Waals surface area contributed by atoms with Gasteiger partial charge in [0.05, 0.1) is 6.33 Å². The van der Waals surface area contributed by atoms with Gasteiger partial charge in [-0.2, -0.15) is 0 Å². The molecule has 0 aromatic carbocycles. The van der Waals surface area contributed by atoms with E-state index in [1.165, 1.54) is 12.4 Å². The average molecular weight is 277 g/mol. The lowest BCUT2D eigenvalue weighted by Gasteiger charge is -2.33. The van der Waals surface area contributed by atoms with Gasteiger partial charge in [-0.1, -0.05) is 0 Å². The van der Waals surface area contributed by atoms with Gasteiger partial charge in [0.1, 0.15) is 5.82 Å². The molecule has 7 heteroatoms. The van der Waals surface area contributed by atoms with Crippen molar-refractivity contribution in [3.63, 3.8) is 0 Å². The van der Waals surface area contributed by atoms with Crippen LogP contribution in [-0.4, -0.2) is 27.6 Å². The minimum Gasteiger partial charge on any atom is -0.479 e. The summed E-state index contributed by atoms with van der Waals surface area (Å²) in [5.41, 5.74) is 0.510. The molecule has 6 nitrogen and oxygen atoms in total. The molecule has 0 aliphatic carbocycles. The van der Waals surface area contributed by atoms with Crippen LogP contribution in [0.4, 0.5) is 5.82 Å². The number of aromatic nitrogens is 2. The summed E-state index contributed by atoms with van der Waals surface area (Å²) in [6.45, 7) is 0.543. The number of nitrogens with one attached hydrogen (secondary N) is 1. The van der Waals surface area contributed by atoms with Crippen LogP contribution < -0.4 is 10.5 Å². The molecule has 2 aromatic heterocycles. The molecule has 19 heavy (non-hydrogen) atoms. The van der Waals surface area contributed by atoms with Gasteiger partial charge in [0.25, 0.3) is 5.56 Å². The summed E-state index contributed by atoms with van der Waals surface area (Å²) in [6.07, 6.45) is 2.06. The molecule has 1 aliphatic heterocycles. The lowest BCUT2D eigenvalue weighted by molar-refractivity contribution is -0.138. The molecule has 0 saturated heterocycles. The summed E-state index contributed by atoms with van der Waals surface area (Å²) >= 11 is 1.57. The van der Waals surface area contributed by atoms with Crippen LogP contribution in [0.15, 0.2) is 28.6 Å². The molecule has 0 fully saturated rings. The van der Waals surface area contributed by atoms with Crippen LogP contribution >= 0.6 is 11.3 Å². The maximum absolute atomic E-state index is 11.5. The third kappa shape index (κ3) is 2.01. The normalized spacial score (nSPS) is 18.1. The average Bonchev–Trinajstić information content (AvgIpc) is 2.85. The highest BCUT2D eigenvalue weighted by Gasteiger charge is 2.34. The Balaban J connectivity index is 2.07. The van der Waals surface area contributed by atoms with E-state index in [4.69, 9.17) is 0 Å². The molecule has 0 saturated carbocycles. The van der Waals surface area contributed by atoms with Crippen molar-refractivity contribution in [2.75, 3.05) is 11.4 Å². The molecule has 1 unspecified atom stereocenters. The summed E-state index contributed by atoms with van der Waals surface area (Å²) in [5.74, 6) is -0.533. The zero-order chi connectivity index (χ0) is 13.4. The van der Waals surface area contributed by atoms with Gasteiger partial charge in [0.15, 0.2) is 6.04 Å². The van der Waals surface area contributed by atoms with E-state index >= 15 is 0 Å². The van der Waals surface area contributed by atoms with Crippen molar-refractivity contribution in [2.45, 2.75) is 12.5 Å². The number of carboxylic acids is 1.